The number of halogens is 1. The smallest absolute Gasteiger partial charge is 0.239 e. The van der Waals surface area contributed by atoms with Crippen LogP contribution < -0.4 is 5.32 Å². The van der Waals surface area contributed by atoms with E-state index in [9.17, 15) is 5.26 Å². The van der Waals surface area contributed by atoms with Crippen LogP contribution in [0.2, 0.25) is 5.02 Å². The number of nitrogens with zero attached hydrogens (tertiary/aromatic N) is 2. The number of fused-ring (bicyclic) bond motifs is 1. The largest absolute Gasteiger partial charge is 0.435 e. The van der Waals surface area contributed by atoms with Crippen molar-refractivity contribution < 1.29 is 4.42 Å². The number of allylic oxidation sites excluding steroid dienone is 1. The van der Waals surface area contributed by atoms with E-state index in [-0.39, 0.29) is 5.89 Å². The molecule has 0 atom stereocenters. The zero-order chi connectivity index (χ0) is 14.7. The van der Waals surface area contributed by atoms with Gasteiger partial charge in [0.2, 0.25) is 5.89 Å². The number of rotatable bonds is 3. The van der Waals surface area contributed by atoms with Crippen LogP contribution in [0.5, 0.6) is 0 Å². The number of benzene rings is 2. The molecule has 5 heteroatoms. The van der Waals surface area contributed by atoms with Crippen LogP contribution in [0, 0.1) is 11.3 Å². The molecule has 0 spiro atoms. The average molecular weight is 296 g/mol. The van der Waals surface area contributed by atoms with Gasteiger partial charge in [0.15, 0.2) is 5.58 Å². The lowest BCUT2D eigenvalue weighted by molar-refractivity contribution is 0.586. The van der Waals surface area contributed by atoms with E-state index in [4.69, 9.17) is 16.0 Å². The molecule has 1 N–H and O–H groups in total. The van der Waals surface area contributed by atoms with Gasteiger partial charge in [-0.25, -0.2) is 4.98 Å². The molecule has 3 aromatic rings. The van der Waals surface area contributed by atoms with Crippen molar-refractivity contribution in [2.75, 3.05) is 5.32 Å². The van der Waals surface area contributed by atoms with Gasteiger partial charge in [-0.3, -0.25) is 0 Å². The summed E-state index contributed by atoms with van der Waals surface area (Å²) in [6.07, 6.45) is 1.53. The van der Waals surface area contributed by atoms with Crippen molar-refractivity contribution in [1.29, 1.82) is 5.26 Å². The van der Waals surface area contributed by atoms with Gasteiger partial charge < -0.3 is 9.73 Å². The number of aromatic nitrogens is 1. The Morgan fingerprint density at radius 2 is 1.95 bits per heavy atom. The zero-order valence-corrected chi connectivity index (χ0v) is 11.6. The summed E-state index contributed by atoms with van der Waals surface area (Å²) in [5, 5.41) is 12.8. The standard InChI is InChI=1S/C16H10ClN3O/c17-12-5-1-2-6-13(12)19-10-11(9-18)16-20-14-7-3-4-8-15(14)21-16/h1-8,10,19H/b11-10-. The molecule has 21 heavy (non-hydrogen) atoms. The molecule has 1 heterocycles. The van der Waals surface area contributed by atoms with Gasteiger partial charge in [0.1, 0.15) is 17.2 Å². The second-order valence-electron chi connectivity index (χ2n) is 4.28. The molecule has 3 rings (SSSR count). The second kappa shape index (κ2) is 5.70. The lowest BCUT2D eigenvalue weighted by Crippen LogP contribution is -1.91. The van der Waals surface area contributed by atoms with Crippen LogP contribution in [0.25, 0.3) is 16.7 Å². The van der Waals surface area contributed by atoms with E-state index in [2.05, 4.69) is 16.4 Å². The third kappa shape index (κ3) is 2.73. The maximum atomic E-state index is 9.26. The van der Waals surface area contributed by atoms with Gasteiger partial charge in [-0.15, -0.1) is 0 Å². The van der Waals surface area contributed by atoms with Gasteiger partial charge in [0.05, 0.1) is 10.7 Å². The fraction of sp³-hybridized carbons (Fsp3) is 0. The van der Waals surface area contributed by atoms with Gasteiger partial charge in [-0.2, -0.15) is 5.26 Å². The van der Waals surface area contributed by atoms with Gasteiger partial charge in [0, 0.05) is 6.20 Å². The second-order valence-corrected chi connectivity index (χ2v) is 4.69. The fourth-order valence-corrected chi connectivity index (χ4v) is 2.05. The Labute approximate surface area is 126 Å². The van der Waals surface area contributed by atoms with Crippen LogP contribution in [-0.2, 0) is 0 Å². The topological polar surface area (TPSA) is 61.9 Å². The van der Waals surface area contributed by atoms with Crippen molar-refractivity contribution in [3.05, 3.63) is 65.6 Å². The van der Waals surface area contributed by atoms with Gasteiger partial charge in [-0.05, 0) is 24.3 Å². The molecule has 4 nitrogen and oxygen atoms in total. The number of oxazole rings is 1. The Kier molecular flexibility index (Phi) is 3.59. The first-order valence-corrected chi connectivity index (χ1v) is 6.63. The van der Waals surface area contributed by atoms with Crippen LogP contribution in [-0.4, -0.2) is 4.98 Å². The summed E-state index contributed by atoms with van der Waals surface area (Å²) in [6, 6.07) is 16.7. The van der Waals surface area contributed by atoms with Crippen LogP contribution in [0.1, 0.15) is 5.89 Å². The summed E-state index contributed by atoms with van der Waals surface area (Å²) in [5.41, 5.74) is 2.37. The van der Waals surface area contributed by atoms with Crippen LogP contribution in [0.3, 0.4) is 0 Å². The third-order valence-corrected chi connectivity index (χ3v) is 3.22. The average Bonchev–Trinajstić information content (AvgIpc) is 2.93. The number of hydrogen-bond donors (Lipinski definition) is 1. The highest BCUT2D eigenvalue weighted by Gasteiger charge is 2.10. The molecule has 0 amide bonds. The molecule has 0 saturated heterocycles. The van der Waals surface area contributed by atoms with Crippen LogP contribution in [0.15, 0.2) is 59.1 Å². The minimum Gasteiger partial charge on any atom is -0.435 e. The predicted octanol–water partition coefficient (Wildman–Crippen LogP) is 4.46. The molecule has 0 unspecified atom stereocenters. The summed E-state index contributed by atoms with van der Waals surface area (Å²) in [6.45, 7) is 0. The summed E-state index contributed by atoms with van der Waals surface area (Å²) in [7, 11) is 0. The summed E-state index contributed by atoms with van der Waals surface area (Å²) < 4.78 is 5.56. The lowest BCUT2D eigenvalue weighted by Gasteiger charge is -2.02. The maximum absolute atomic E-state index is 9.26. The van der Waals surface area contributed by atoms with E-state index in [1.54, 1.807) is 6.07 Å². The van der Waals surface area contributed by atoms with Gasteiger partial charge in [0.25, 0.3) is 0 Å². The van der Waals surface area contributed by atoms with Crippen molar-refractivity contribution >= 4 is 34.0 Å². The van der Waals surface area contributed by atoms with Crippen molar-refractivity contribution in [2.45, 2.75) is 0 Å². The summed E-state index contributed by atoms with van der Waals surface area (Å²) in [5.74, 6) is 0.276. The Balaban J connectivity index is 1.93. The molecule has 102 valence electrons. The molecule has 0 aliphatic rings. The Bertz CT molecular complexity index is 828. The minimum absolute atomic E-state index is 0.276. The van der Waals surface area contributed by atoms with Gasteiger partial charge >= 0.3 is 0 Å². The summed E-state index contributed by atoms with van der Waals surface area (Å²) >= 11 is 6.05. The molecule has 2 aromatic carbocycles. The van der Waals surface area contributed by atoms with Crippen LogP contribution in [0.4, 0.5) is 5.69 Å². The SMILES string of the molecule is N#C/C(=C/Nc1ccccc1Cl)c1nc2ccccc2o1. The molecular formula is C16H10ClN3O. The molecule has 1 aromatic heterocycles. The maximum Gasteiger partial charge on any atom is 0.239 e. The number of hydrogen-bond acceptors (Lipinski definition) is 4. The van der Waals surface area contributed by atoms with Gasteiger partial charge in [-0.1, -0.05) is 35.9 Å². The number of nitrogens with one attached hydrogen (secondary N) is 1. The molecule has 0 bridgehead atoms. The fourth-order valence-electron chi connectivity index (χ4n) is 1.86. The molecule has 0 fully saturated rings. The van der Waals surface area contributed by atoms with E-state index in [0.717, 1.165) is 0 Å². The third-order valence-electron chi connectivity index (χ3n) is 2.89. The predicted molar refractivity (Wildman–Crippen MR) is 82.7 cm³/mol. The normalized spacial score (nSPS) is 11.3. The highest BCUT2D eigenvalue weighted by atomic mass is 35.5. The first kappa shape index (κ1) is 13.2. The van der Waals surface area contributed by atoms with E-state index in [1.165, 1.54) is 6.20 Å². The number of para-hydroxylation sites is 3. The highest BCUT2D eigenvalue weighted by molar-refractivity contribution is 6.33. The summed E-state index contributed by atoms with van der Waals surface area (Å²) in [4.78, 5) is 4.29. The highest BCUT2D eigenvalue weighted by Crippen LogP contribution is 2.23. The Morgan fingerprint density at radius 1 is 1.19 bits per heavy atom. The van der Waals surface area contributed by atoms with E-state index >= 15 is 0 Å². The van der Waals surface area contributed by atoms with E-state index in [1.807, 2.05) is 42.5 Å². The molecular weight excluding hydrogens is 286 g/mol. The first-order valence-electron chi connectivity index (χ1n) is 6.25. The molecule has 0 aliphatic carbocycles. The molecule has 0 aliphatic heterocycles. The van der Waals surface area contributed by atoms with Crippen LogP contribution >= 0.6 is 11.6 Å². The van der Waals surface area contributed by atoms with Crippen molar-refractivity contribution in [3.8, 4) is 6.07 Å². The van der Waals surface area contributed by atoms with E-state index < -0.39 is 0 Å². The molecule has 0 saturated carbocycles. The van der Waals surface area contributed by atoms with Crippen molar-refractivity contribution in [1.82, 2.24) is 4.98 Å². The van der Waals surface area contributed by atoms with Crippen molar-refractivity contribution in [3.63, 3.8) is 0 Å². The van der Waals surface area contributed by atoms with Crippen molar-refractivity contribution in [2.24, 2.45) is 0 Å². The quantitative estimate of drug-likeness (QED) is 0.725. The Hall–Kier alpha value is -2.77. The van der Waals surface area contributed by atoms with E-state index in [0.29, 0.717) is 27.4 Å². The zero-order valence-electron chi connectivity index (χ0n) is 10.9. The Morgan fingerprint density at radius 3 is 2.71 bits per heavy atom. The molecule has 0 radical (unpaired) electrons. The monoisotopic (exact) mass is 295 g/mol. The first-order chi connectivity index (χ1) is 10.3. The minimum atomic E-state index is 0.276. The number of anilines is 1. The number of nitriles is 1. The lowest BCUT2D eigenvalue weighted by atomic mass is 10.3.